The zero-order chi connectivity index (χ0) is 21.1. The number of furan rings is 1. The molecule has 4 aromatic rings. The number of para-hydroxylation sites is 1. The predicted octanol–water partition coefficient (Wildman–Crippen LogP) is 3.69. The molecule has 0 atom stereocenters. The summed E-state index contributed by atoms with van der Waals surface area (Å²) in [5, 5.41) is 13.8. The van der Waals surface area contributed by atoms with E-state index in [0.29, 0.717) is 17.0 Å². The van der Waals surface area contributed by atoms with Gasteiger partial charge < -0.3 is 18.8 Å². The van der Waals surface area contributed by atoms with Gasteiger partial charge in [0.05, 0.1) is 24.6 Å². The topological polar surface area (TPSA) is 106 Å². The molecule has 0 spiro atoms. The summed E-state index contributed by atoms with van der Waals surface area (Å²) in [5.74, 6) is -0.816. The van der Waals surface area contributed by atoms with Crippen molar-refractivity contribution in [3.8, 4) is 11.4 Å². The average molecular weight is 403 g/mol. The Balaban J connectivity index is 1.50. The number of hydrogen-bond donors (Lipinski definition) is 2. The molecule has 0 radical (unpaired) electrons. The summed E-state index contributed by atoms with van der Waals surface area (Å²) in [7, 11) is 1.53. The highest BCUT2D eigenvalue weighted by atomic mass is 16.5. The minimum absolute atomic E-state index is 0.117. The molecule has 0 aliphatic heterocycles. The smallest absolute Gasteiger partial charge is 0.335 e. The summed E-state index contributed by atoms with van der Waals surface area (Å²) in [4.78, 5) is 23.4. The first-order valence-electron chi connectivity index (χ1n) is 8.98. The van der Waals surface area contributed by atoms with Crippen molar-refractivity contribution in [3.63, 3.8) is 0 Å². The second kappa shape index (κ2) is 7.96. The lowest BCUT2D eigenvalue weighted by Gasteiger charge is -2.06. The Morgan fingerprint density at radius 2 is 1.93 bits per heavy atom. The molecule has 4 rings (SSSR count). The Kier molecular flexibility index (Phi) is 5.04. The maximum Gasteiger partial charge on any atom is 0.335 e. The van der Waals surface area contributed by atoms with Crippen molar-refractivity contribution in [2.45, 2.75) is 0 Å². The van der Waals surface area contributed by atoms with E-state index in [1.165, 1.54) is 25.5 Å². The number of carboxylic acid groups (broad SMARTS) is 1. The van der Waals surface area contributed by atoms with E-state index in [1.807, 2.05) is 35.0 Å². The zero-order valence-corrected chi connectivity index (χ0v) is 15.9. The van der Waals surface area contributed by atoms with Crippen molar-refractivity contribution in [1.82, 2.24) is 9.99 Å². The van der Waals surface area contributed by atoms with Gasteiger partial charge in [-0.3, -0.25) is 4.79 Å². The van der Waals surface area contributed by atoms with Gasteiger partial charge in [0.15, 0.2) is 17.1 Å². The Bertz CT molecular complexity index is 1250. The van der Waals surface area contributed by atoms with Crippen molar-refractivity contribution in [2.24, 2.45) is 5.10 Å². The largest absolute Gasteiger partial charge is 0.493 e. The molecule has 0 saturated heterocycles. The molecular formula is C22H17N3O5. The number of fused-ring (bicyclic) bond motifs is 1. The molecule has 2 N–H and O–H groups in total. The monoisotopic (exact) mass is 403 g/mol. The van der Waals surface area contributed by atoms with Crippen LogP contribution in [0.4, 0.5) is 0 Å². The van der Waals surface area contributed by atoms with Gasteiger partial charge in [-0.05, 0) is 48.5 Å². The van der Waals surface area contributed by atoms with Crippen LogP contribution in [0.5, 0.6) is 5.75 Å². The van der Waals surface area contributed by atoms with Gasteiger partial charge in [0, 0.05) is 17.3 Å². The van der Waals surface area contributed by atoms with Crippen LogP contribution >= 0.6 is 0 Å². The normalized spacial score (nSPS) is 11.1. The van der Waals surface area contributed by atoms with Crippen molar-refractivity contribution < 1.29 is 23.8 Å². The van der Waals surface area contributed by atoms with E-state index in [4.69, 9.17) is 14.3 Å². The van der Waals surface area contributed by atoms with Crippen LogP contribution in [0.25, 0.3) is 16.7 Å². The van der Waals surface area contributed by atoms with E-state index < -0.39 is 11.9 Å². The number of methoxy groups -OCH3 is 1. The SMILES string of the molecule is COc1cccc2cc(C(=O)N/N=C/c3cccn3-c3ccc(C(=O)O)cc3)oc12. The Labute approximate surface area is 171 Å². The van der Waals surface area contributed by atoms with Crippen LogP contribution in [0.2, 0.25) is 0 Å². The van der Waals surface area contributed by atoms with E-state index in [-0.39, 0.29) is 11.3 Å². The maximum absolute atomic E-state index is 12.4. The summed E-state index contributed by atoms with van der Waals surface area (Å²) in [6, 6.07) is 17.1. The van der Waals surface area contributed by atoms with Crippen LogP contribution in [0, 0.1) is 0 Å². The van der Waals surface area contributed by atoms with Gasteiger partial charge in [0.25, 0.3) is 0 Å². The zero-order valence-electron chi connectivity index (χ0n) is 15.9. The lowest BCUT2D eigenvalue weighted by molar-refractivity contribution is 0.0696. The van der Waals surface area contributed by atoms with Gasteiger partial charge in [-0.1, -0.05) is 12.1 Å². The first-order chi connectivity index (χ1) is 14.6. The summed E-state index contributed by atoms with van der Waals surface area (Å²) < 4.78 is 12.6. The molecule has 8 heteroatoms. The number of hydrogen-bond acceptors (Lipinski definition) is 5. The molecule has 150 valence electrons. The van der Waals surface area contributed by atoms with Crippen LogP contribution in [-0.4, -0.2) is 34.9 Å². The van der Waals surface area contributed by atoms with Gasteiger partial charge in [-0.25, -0.2) is 10.2 Å². The van der Waals surface area contributed by atoms with Crippen molar-refractivity contribution >= 4 is 29.1 Å². The number of carbonyl (C=O) groups is 2. The number of carboxylic acids is 1. The molecule has 0 fully saturated rings. The number of aromatic nitrogens is 1. The van der Waals surface area contributed by atoms with E-state index >= 15 is 0 Å². The fraction of sp³-hybridized carbons (Fsp3) is 0.0455. The Hall–Kier alpha value is -4.33. The van der Waals surface area contributed by atoms with Crippen LogP contribution in [-0.2, 0) is 0 Å². The van der Waals surface area contributed by atoms with E-state index in [0.717, 1.165) is 11.1 Å². The van der Waals surface area contributed by atoms with Crippen molar-refractivity contribution in [1.29, 1.82) is 0 Å². The molecule has 0 unspecified atom stereocenters. The molecule has 0 saturated carbocycles. The quantitative estimate of drug-likeness (QED) is 0.377. The van der Waals surface area contributed by atoms with Gasteiger partial charge >= 0.3 is 11.9 Å². The number of ether oxygens (including phenoxy) is 1. The highest BCUT2D eigenvalue weighted by Crippen LogP contribution is 2.28. The molecule has 2 aromatic carbocycles. The summed E-state index contributed by atoms with van der Waals surface area (Å²) >= 11 is 0. The Morgan fingerprint density at radius 1 is 1.13 bits per heavy atom. The molecule has 30 heavy (non-hydrogen) atoms. The van der Waals surface area contributed by atoms with Crippen LogP contribution < -0.4 is 10.2 Å². The van der Waals surface area contributed by atoms with Gasteiger partial charge in [0.2, 0.25) is 0 Å². The number of benzene rings is 2. The number of hydrazone groups is 1. The van der Waals surface area contributed by atoms with Crippen LogP contribution in [0.15, 0.2) is 76.4 Å². The van der Waals surface area contributed by atoms with Crippen LogP contribution in [0.1, 0.15) is 26.6 Å². The number of nitrogens with one attached hydrogen (secondary N) is 1. The van der Waals surface area contributed by atoms with Gasteiger partial charge in [-0.15, -0.1) is 0 Å². The highest BCUT2D eigenvalue weighted by molar-refractivity contribution is 5.97. The third-order valence-electron chi connectivity index (χ3n) is 4.49. The van der Waals surface area contributed by atoms with Gasteiger partial charge in [0.1, 0.15) is 0 Å². The molecule has 8 nitrogen and oxygen atoms in total. The maximum atomic E-state index is 12.4. The highest BCUT2D eigenvalue weighted by Gasteiger charge is 2.14. The molecular weight excluding hydrogens is 386 g/mol. The third-order valence-corrected chi connectivity index (χ3v) is 4.49. The number of rotatable bonds is 6. The summed E-state index contributed by atoms with van der Waals surface area (Å²) in [6.45, 7) is 0. The van der Waals surface area contributed by atoms with Crippen LogP contribution in [0.3, 0.4) is 0 Å². The number of aromatic carboxylic acids is 1. The lowest BCUT2D eigenvalue weighted by atomic mass is 10.2. The minimum Gasteiger partial charge on any atom is -0.493 e. The van der Waals surface area contributed by atoms with E-state index in [1.54, 1.807) is 24.3 Å². The lowest BCUT2D eigenvalue weighted by Crippen LogP contribution is -2.17. The fourth-order valence-corrected chi connectivity index (χ4v) is 3.02. The van der Waals surface area contributed by atoms with E-state index in [9.17, 15) is 9.59 Å². The second-order valence-corrected chi connectivity index (χ2v) is 6.34. The van der Waals surface area contributed by atoms with Crippen molar-refractivity contribution in [2.75, 3.05) is 7.11 Å². The number of amides is 1. The Morgan fingerprint density at radius 3 is 2.67 bits per heavy atom. The molecule has 1 amide bonds. The first-order valence-corrected chi connectivity index (χ1v) is 8.98. The van der Waals surface area contributed by atoms with E-state index in [2.05, 4.69) is 10.5 Å². The summed E-state index contributed by atoms with van der Waals surface area (Å²) in [6.07, 6.45) is 3.30. The number of nitrogens with zero attached hydrogens (tertiary/aromatic N) is 2. The number of carbonyl (C=O) groups excluding carboxylic acids is 1. The first kappa shape index (κ1) is 19.0. The summed E-state index contributed by atoms with van der Waals surface area (Å²) in [5.41, 5.74) is 4.61. The van der Waals surface area contributed by atoms with Gasteiger partial charge in [-0.2, -0.15) is 5.10 Å². The molecule has 2 aromatic heterocycles. The fourth-order valence-electron chi connectivity index (χ4n) is 3.02. The average Bonchev–Trinajstić information content (AvgIpc) is 3.40. The standard InChI is InChI=1S/C22H17N3O5/c1-29-18-6-2-4-15-12-19(30-20(15)18)21(26)24-23-13-17-5-3-11-25(17)16-9-7-14(8-10-16)22(27)28/h2-13H,1H3,(H,24,26)(H,27,28)/b23-13+. The molecule has 0 aliphatic carbocycles. The predicted molar refractivity (Wildman–Crippen MR) is 111 cm³/mol. The molecule has 2 heterocycles. The third kappa shape index (κ3) is 3.66. The molecule has 0 aliphatic rings. The molecule has 0 bridgehead atoms. The van der Waals surface area contributed by atoms with Crippen molar-refractivity contribution in [3.05, 3.63) is 83.9 Å². The second-order valence-electron chi connectivity index (χ2n) is 6.34. The minimum atomic E-state index is -0.984.